The number of ketones is 1. The number of benzene rings is 2. The molecule has 0 amide bonds. The summed E-state index contributed by atoms with van der Waals surface area (Å²) in [6.45, 7) is 2.29. The Hall–Kier alpha value is -3.69. The van der Waals surface area contributed by atoms with Crippen molar-refractivity contribution in [2.75, 3.05) is 0 Å². The van der Waals surface area contributed by atoms with Crippen molar-refractivity contribution >= 4 is 33.3 Å². The van der Waals surface area contributed by atoms with Gasteiger partial charge in [0.1, 0.15) is 10.6 Å². The molecular weight excluding hydrogens is 471 g/mol. The fraction of sp³-hybridized carbons (Fsp3) is 0.231. The number of carbonyl (C=O) groups is 2. The molecule has 0 atom stereocenters. The van der Waals surface area contributed by atoms with Crippen LogP contribution >= 0.6 is 11.3 Å². The Morgan fingerprint density at radius 2 is 1.83 bits per heavy atom. The van der Waals surface area contributed by atoms with E-state index in [1.54, 1.807) is 29.6 Å². The van der Waals surface area contributed by atoms with Crippen LogP contribution < -0.4 is 5.56 Å². The first-order valence-corrected chi connectivity index (χ1v) is 11.9. The molecule has 7 nitrogen and oxygen atoms in total. The van der Waals surface area contributed by atoms with Gasteiger partial charge in [0.05, 0.1) is 24.2 Å². The number of Topliss-reactive ketones (excluding diaryl/α,β-unsaturated/α-hetero) is 1. The third-order valence-corrected chi connectivity index (χ3v) is 6.56. The monoisotopic (exact) mass is 494 g/mol. The number of H-pyrrole nitrogens is 1. The first-order chi connectivity index (χ1) is 16.9. The highest BCUT2D eigenvalue weighted by atomic mass is 32.1. The van der Waals surface area contributed by atoms with Gasteiger partial charge in [-0.2, -0.15) is 0 Å². The number of aromatic nitrogens is 2. The highest BCUT2D eigenvalue weighted by Gasteiger charge is 2.16. The zero-order valence-electron chi connectivity index (χ0n) is 19.0. The summed E-state index contributed by atoms with van der Waals surface area (Å²) in [4.78, 5) is 43.7. The van der Waals surface area contributed by atoms with E-state index in [-0.39, 0.29) is 42.6 Å². The first kappa shape index (κ1) is 24.4. The number of ether oxygens (including phenoxy) is 1. The number of carboxylic acid groups (broad SMARTS) is 1. The van der Waals surface area contributed by atoms with Crippen molar-refractivity contribution in [3.05, 3.63) is 97.7 Å². The highest BCUT2D eigenvalue weighted by molar-refractivity contribution is 7.16. The number of aromatic amines is 1. The zero-order chi connectivity index (χ0) is 24.9. The van der Waals surface area contributed by atoms with Crippen molar-refractivity contribution in [1.82, 2.24) is 9.97 Å². The number of rotatable bonds is 10. The largest absolute Gasteiger partial charge is 0.478 e. The highest BCUT2D eigenvalue weighted by Crippen LogP contribution is 2.23. The molecule has 0 aliphatic heterocycles. The molecule has 0 fully saturated rings. The van der Waals surface area contributed by atoms with Crippen LogP contribution in [0.2, 0.25) is 0 Å². The number of carboxylic acids is 1. The fourth-order valence-corrected chi connectivity index (χ4v) is 4.62. The first-order valence-electron chi connectivity index (χ1n) is 11.1. The van der Waals surface area contributed by atoms with E-state index in [9.17, 15) is 18.8 Å². The Morgan fingerprint density at radius 1 is 1.09 bits per heavy atom. The second kappa shape index (κ2) is 10.7. The lowest BCUT2D eigenvalue weighted by Gasteiger charge is -2.06. The summed E-state index contributed by atoms with van der Waals surface area (Å²) in [6, 6.07) is 11.2. The van der Waals surface area contributed by atoms with Gasteiger partial charge in [0.15, 0.2) is 11.6 Å². The van der Waals surface area contributed by atoms with Gasteiger partial charge in [-0.25, -0.2) is 14.2 Å². The van der Waals surface area contributed by atoms with Gasteiger partial charge < -0.3 is 14.8 Å². The maximum absolute atomic E-state index is 13.7. The molecule has 0 aliphatic carbocycles. The van der Waals surface area contributed by atoms with Gasteiger partial charge in [0.2, 0.25) is 0 Å². The summed E-state index contributed by atoms with van der Waals surface area (Å²) in [5, 5.41) is 11.1. The smallest absolute Gasteiger partial charge is 0.335 e. The molecule has 4 aromatic rings. The number of nitrogens with one attached hydrogen (secondary N) is 1. The van der Waals surface area contributed by atoms with E-state index < -0.39 is 11.5 Å². The number of halogens is 1. The minimum atomic E-state index is -0.993. The molecular formula is C26H23FN2O5S. The SMILES string of the molecule is CCc1cc(CCC(=O)c2nc3scc(COCc4ccc(C(=O)O)cc4)c3c(=O)[nH]2)ccc1F. The predicted octanol–water partition coefficient (Wildman–Crippen LogP) is 4.92. The molecule has 0 spiro atoms. The molecule has 2 heterocycles. The third-order valence-electron chi connectivity index (χ3n) is 5.64. The van der Waals surface area contributed by atoms with Gasteiger partial charge >= 0.3 is 5.97 Å². The average molecular weight is 495 g/mol. The zero-order valence-corrected chi connectivity index (χ0v) is 19.8. The van der Waals surface area contributed by atoms with Crippen LogP contribution in [0.15, 0.2) is 52.6 Å². The van der Waals surface area contributed by atoms with E-state index in [4.69, 9.17) is 9.84 Å². The van der Waals surface area contributed by atoms with E-state index in [2.05, 4.69) is 9.97 Å². The van der Waals surface area contributed by atoms with E-state index in [1.165, 1.54) is 29.5 Å². The second-order valence-electron chi connectivity index (χ2n) is 8.05. The lowest BCUT2D eigenvalue weighted by atomic mass is 10.0. The molecule has 0 aliphatic rings. The molecule has 2 aromatic carbocycles. The number of hydrogen-bond acceptors (Lipinski definition) is 6. The van der Waals surface area contributed by atoms with Crippen LogP contribution in [0.1, 0.15) is 56.6 Å². The van der Waals surface area contributed by atoms with Crippen molar-refractivity contribution in [2.24, 2.45) is 0 Å². The maximum atomic E-state index is 13.7. The summed E-state index contributed by atoms with van der Waals surface area (Å²) < 4.78 is 19.4. The molecule has 35 heavy (non-hydrogen) atoms. The van der Waals surface area contributed by atoms with E-state index in [0.29, 0.717) is 34.2 Å². The molecule has 0 radical (unpaired) electrons. The summed E-state index contributed by atoms with van der Waals surface area (Å²) in [7, 11) is 0. The maximum Gasteiger partial charge on any atom is 0.335 e. The molecule has 4 rings (SSSR count). The van der Waals surface area contributed by atoms with Crippen LogP contribution in [0.25, 0.3) is 10.2 Å². The number of thiophene rings is 1. The van der Waals surface area contributed by atoms with Crippen LogP contribution in [0.5, 0.6) is 0 Å². The van der Waals surface area contributed by atoms with Gasteiger partial charge in [-0.05, 0) is 53.1 Å². The Kier molecular flexibility index (Phi) is 7.48. The number of fused-ring (bicyclic) bond motifs is 1. The number of aryl methyl sites for hydroxylation is 2. The Balaban J connectivity index is 1.41. The molecule has 180 valence electrons. The van der Waals surface area contributed by atoms with Crippen LogP contribution in [0.3, 0.4) is 0 Å². The number of carbonyl (C=O) groups excluding carboxylic acids is 1. The van der Waals surface area contributed by atoms with Crippen molar-refractivity contribution in [3.63, 3.8) is 0 Å². The van der Waals surface area contributed by atoms with Crippen LogP contribution in [0, 0.1) is 5.82 Å². The lowest BCUT2D eigenvalue weighted by Crippen LogP contribution is -2.16. The third kappa shape index (κ3) is 5.70. The summed E-state index contributed by atoms with van der Waals surface area (Å²) in [6.07, 6.45) is 1.14. The van der Waals surface area contributed by atoms with Crippen molar-refractivity contribution in [2.45, 2.75) is 39.4 Å². The second-order valence-corrected chi connectivity index (χ2v) is 8.91. The van der Waals surface area contributed by atoms with E-state index in [0.717, 1.165) is 11.1 Å². The molecule has 0 bridgehead atoms. The van der Waals surface area contributed by atoms with Crippen molar-refractivity contribution < 1.29 is 23.8 Å². The molecule has 2 aromatic heterocycles. The molecule has 2 N–H and O–H groups in total. The van der Waals surface area contributed by atoms with Gasteiger partial charge in [0, 0.05) is 12.0 Å². The molecule has 0 unspecified atom stereocenters. The van der Waals surface area contributed by atoms with Crippen molar-refractivity contribution in [1.29, 1.82) is 0 Å². The van der Waals surface area contributed by atoms with Crippen LogP contribution in [-0.4, -0.2) is 26.8 Å². The summed E-state index contributed by atoms with van der Waals surface area (Å²) in [5.74, 6) is -1.53. The van der Waals surface area contributed by atoms with Crippen LogP contribution in [-0.2, 0) is 30.8 Å². The Labute approximate surface area is 204 Å². The van der Waals surface area contributed by atoms with Crippen LogP contribution in [0.4, 0.5) is 4.39 Å². The minimum Gasteiger partial charge on any atom is -0.478 e. The standard InChI is InChI=1S/C26H23FN2O5S/c1-2-17-11-15(5-9-20(17)27)6-10-21(30)23-28-24(31)22-19(14-35-25(22)29-23)13-34-12-16-3-7-18(8-4-16)26(32)33/h3-5,7-9,11,14H,2,6,10,12-13H2,1H3,(H,32,33)(H,28,29,31). The number of hydrogen-bond donors (Lipinski definition) is 2. The van der Waals surface area contributed by atoms with Gasteiger partial charge in [-0.1, -0.05) is 31.2 Å². The molecule has 9 heteroatoms. The topological polar surface area (TPSA) is 109 Å². The normalized spacial score (nSPS) is 11.1. The predicted molar refractivity (Wildman–Crippen MR) is 131 cm³/mol. The van der Waals surface area contributed by atoms with Crippen molar-refractivity contribution in [3.8, 4) is 0 Å². The van der Waals surface area contributed by atoms with E-state index >= 15 is 0 Å². The summed E-state index contributed by atoms with van der Waals surface area (Å²) >= 11 is 1.26. The lowest BCUT2D eigenvalue weighted by molar-refractivity contribution is 0.0696. The van der Waals surface area contributed by atoms with E-state index in [1.807, 2.05) is 6.92 Å². The Bertz CT molecular complexity index is 1440. The number of aromatic carboxylic acids is 1. The molecule has 0 saturated heterocycles. The summed E-state index contributed by atoms with van der Waals surface area (Å²) in [5.41, 5.74) is 2.73. The van der Waals surface area contributed by atoms with Gasteiger partial charge in [-0.15, -0.1) is 11.3 Å². The average Bonchev–Trinajstić information content (AvgIpc) is 3.27. The molecule has 0 saturated carbocycles. The Morgan fingerprint density at radius 3 is 2.54 bits per heavy atom. The number of nitrogens with zero attached hydrogens (tertiary/aromatic N) is 1. The minimum absolute atomic E-state index is 0.00756. The van der Waals surface area contributed by atoms with Gasteiger partial charge in [-0.3, -0.25) is 9.59 Å². The van der Waals surface area contributed by atoms with Gasteiger partial charge in [0.25, 0.3) is 5.56 Å². The quantitative estimate of drug-likeness (QED) is 0.303. The fourth-order valence-electron chi connectivity index (χ4n) is 3.70.